The fourth-order valence-electron chi connectivity index (χ4n) is 2.31. The molecule has 1 saturated heterocycles. The Morgan fingerprint density at radius 1 is 1.32 bits per heavy atom. The van der Waals surface area contributed by atoms with Crippen molar-refractivity contribution in [1.82, 2.24) is 3.11 Å². The van der Waals surface area contributed by atoms with Gasteiger partial charge in [0.05, 0.1) is 19.6 Å². The topological polar surface area (TPSA) is 29.5 Å². The summed E-state index contributed by atoms with van der Waals surface area (Å²) in [7, 11) is 0. The highest BCUT2D eigenvalue weighted by atomic mass is 127. The van der Waals surface area contributed by atoms with Crippen LogP contribution in [0, 0.1) is 0 Å². The summed E-state index contributed by atoms with van der Waals surface area (Å²) >= 11 is 2.32. The van der Waals surface area contributed by atoms with Gasteiger partial charge < -0.3 is 4.74 Å². The Labute approximate surface area is 128 Å². The van der Waals surface area contributed by atoms with Crippen molar-refractivity contribution in [3.63, 3.8) is 0 Å². The monoisotopic (exact) mass is 375 g/mol. The number of piperazine rings is 1. The summed E-state index contributed by atoms with van der Waals surface area (Å²) in [5, 5.41) is 0. The highest BCUT2D eigenvalue weighted by Crippen LogP contribution is 2.18. The molecule has 0 spiro atoms. The Balaban J connectivity index is 1.94. The quantitative estimate of drug-likeness (QED) is 0.462. The molecule has 4 nitrogen and oxygen atoms in total. The first kappa shape index (κ1) is 14.7. The van der Waals surface area contributed by atoms with Crippen molar-refractivity contribution >= 4 is 29.0 Å². The molecule has 0 aliphatic carbocycles. The second kappa shape index (κ2) is 6.67. The first-order valence-electron chi connectivity index (χ1n) is 6.64. The molecular weight excluding hydrogens is 355 g/mol. The molecule has 1 aromatic carbocycles. The number of nitrogens with zero attached hydrogens (tertiary/aromatic N) is 2. The summed E-state index contributed by atoms with van der Waals surface area (Å²) < 4.78 is 8.19. The van der Waals surface area contributed by atoms with E-state index in [1.807, 2.05) is 30.3 Å². The van der Waals surface area contributed by atoms with Crippen molar-refractivity contribution in [3.8, 4) is 0 Å². The smallest absolute Gasteiger partial charge is 0.415 e. The lowest BCUT2D eigenvalue weighted by Gasteiger charge is -2.38. The van der Waals surface area contributed by atoms with Crippen molar-refractivity contribution in [2.24, 2.45) is 0 Å². The summed E-state index contributed by atoms with van der Waals surface area (Å²) in [5.74, 6) is 0. The first-order chi connectivity index (χ1) is 9.16. The van der Waals surface area contributed by atoms with Gasteiger partial charge in [-0.1, -0.05) is 30.3 Å². The molecule has 0 N–H and O–H groups in total. The number of likely N-dealkylation sites (N-methyl/N-ethyl adjacent to an activating group) is 1. The Morgan fingerprint density at radius 2 is 1.95 bits per heavy atom. The Morgan fingerprint density at radius 3 is 2.53 bits per heavy atom. The van der Waals surface area contributed by atoms with Gasteiger partial charge in [0.2, 0.25) is 0 Å². The second-order valence-corrected chi connectivity index (χ2v) is 6.22. The van der Waals surface area contributed by atoms with Gasteiger partial charge in [-0.2, -0.15) is 4.79 Å². The van der Waals surface area contributed by atoms with Gasteiger partial charge in [0.1, 0.15) is 19.7 Å². The molecule has 19 heavy (non-hydrogen) atoms. The molecule has 5 heteroatoms. The minimum absolute atomic E-state index is 0.0872. The molecule has 0 radical (unpaired) electrons. The predicted molar refractivity (Wildman–Crippen MR) is 82.8 cm³/mol. The predicted octanol–water partition coefficient (Wildman–Crippen LogP) is 2.83. The summed E-state index contributed by atoms with van der Waals surface area (Å²) in [6.07, 6.45) is -0.0872. The van der Waals surface area contributed by atoms with E-state index >= 15 is 0 Å². The number of carbonyl (C=O) groups excluding carboxylic acids is 1. The number of hydrogen-bond acceptors (Lipinski definition) is 3. The molecule has 1 amide bonds. The minimum Gasteiger partial charge on any atom is -0.415 e. The van der Waals surface area contributed by atoms with E-state index in [2.05, 4.69) is 32.9 Å². The lowest BCUT2D eigenvalue weighted by Crippen LogP contribution is -2.61. The number of quaternary nitrogens is 1. The number of ether oxygens (including phenoxy) is 1. The third-order valence-electron chi connectivity index (χ3n) is 3.74. The molecule has 2 rings (SSSR count). The van der Waals surface area contributed by atoms with Crippen LogP contribution in [0.2, 0.25) is 0 Å². The maximum Gasteiger partial charge on any atom is 0.516 e. The van der Waals surface area contributed by atoms with Crippen molar-refractivity contribution in [2.45, 2.75) is 13.5 Å². The van der Waals surface area contributed by atoms with Gasteiger partial charge >= 0.3 is 6.09 Å². The van der Waals surface area contributed by atoms with Crippen molar-refractivity contribution in [3.05, 3.63) is 35.9 Å². The van der Waals surface area contributed by atoms with Crippen LogP contribution in [0.1, 0.15) is 12.5 Å². The lowest BCUT2D eigenvalue weighted by atomic mass is 10.2. The van der Waals surface area contributed by atoms with Crippen LogP contribution in [-0.2, 0) is 11.3 Å². The van der Waals surface area contributed by atoms with E-state index in [-0.39, 0.29) is 6.09 Å². The van der Waals surface area contributed by atoms with Crippen LogP contribution < -0.4 is 0 Å². The Kier molecular flexibility index (Phi) is 5.18. The number of rotatable bonds is 3. The fraction of sp³-hybridized carbons (Fsp3) is 0.500. The maximum absolute atomic E-state index is 12.4. The maximum atomic E-state index is 12.4. The van der Waals surface area contributed by atoms with Crippen LogP contribution in [0.4, 0.5) is 4.79 Å². The van der Waals surface area contributed by atoms with Gasteiger partial charge in [0.15, 0.2) is 0 Å². The SMILES string of the molecule is CC[N+]1(C(=O)OCc2ccccc2)CCN(I)CC1. The lowest BCUT2D eigenvalue weighted by molar-refractivity contribution is -0.859. The summed E-state index contributed by atoms with van der Waals surface area (Å²) in [4.78, 5) is 12.4. The van der Waals surface area contributed by atoms with E-state index in [9.17, 15) is 4.79 Å². The highest BCUT2D eigenvalue weighted by molar-refractivity contribution is 14.1. The number of halogens is 1. The zero-order chi connectivity index (χ0) is 13.7. The van der Waals surface area contributed by atoms with E-state index in [1.54, 1.807) is 0 Å². The number of benzene rings is 1. The summed E-state index contributed by atoms with van der Waals surface area (Å²) in [5.41, 5.74) is 1.04. The van der Waals surface area contributed by atoms with Crippen LogP contribution >= 0.6 is 22.9 Å². The Bertz CT molecular complexity index is 417. The third kappa shape index (κ3) is 3.67. The number of carbonyl (C=O) groups is 1. The first-order valence-corrected chi connectivity index (χ1v) is 7.61. The largest absolute Gasteiger partial charge is 0.516 e. The van der Waals surface area contributed by atoms with Crippen LogP contribution in [-0.4, -0.2) is 46.4 Å². The molecule has 0 aromatic heterocycles. The van der Waals surface area contributed by atoms with Gasteiger partial charge in [-0.05, 0) is 12.5 Å². The molecule has 1 heterocycles. The van der Waals surface area contributed by atoms with Crippen LogP contribution in [0.15, 0.2) is 30.3 Å². The molecule has 104 valence electrons. The fourth-order valence-corrected chi connectivity index (χ4v) is 2.74. The van der Waals surface area contributed by atoms with Gasteiger partial charge in [-0.3, -0.25) is 0 Å². The number of hydrogen-bond donors (Lipinski definition) is 0. The molecule has 0 unspecified atom stereocenters. The van der Waals surface area contributed by atoms with E-state index in [1.165, 1.54) is 0 Å². The molecule has 1 aliphatic rings. The number of amides is 1. The molecule has 1 fully saturated rings. The van der Waals surface area contributed by atoms with Crippen molar-refractivity contribution < 1.29 is 14.0 Å². The molecule has 1 aromatic rings. The average molecular weight is 375 g/mol. The molecule has 1 aliphatic heterocycles. The van der Waals surface area contributed by atoms with Gasteiger partial charge in [0.25, 0.3) is 0 Å². The van der Waals surface area contributed by atoms with E-state index in [0.29, 0.717) is 11.1 Å². The van der Waals surface area contributed by atoms with Crippen molar-refractivity contribution in [2.75, 3.05) is 32.7 Å². The van der Waals surface area contributed by atoms with Crippen LogP contribution in [0.5, 0.6) is 0 Å². The van der Waals surface area contributed by atoms with Gasteiger partial charge in [-0.25, -0.2) is 7.60 Å². The highest BCUT2D eigenvalue weighted by Gasteiger charge is 2.40. The zero-order valence-corrected chi connectivity index (χ0v) is 13.4. The van der Waals surface area contributed by atoms with Gasteiger partial charge in [0, 0.05) is 22.9 Å². The normalized spacial score (nSPS) is 19.1. The zero-order valence-electron chi connectivity index (χ0n) is 11.2. The van der Waals surface area contributed by atoms with Crippen molar-refractivity contribution in [1.29, 1.82) is 0 Å². The van der Waals surface area contributed by atoms with E-state index in [0.717, 1.165) is 38.3 Å². The van der Waals surface area contributed by atoms with Gasteiger partial charge in [-0.15, -0.1) is 0 Å². The molecule has 0 saturated carbocycles. The van der Waals surface area contributed by atoms with E-state index < -0.39 is 0 Å². The Hall–Kier alpha value is -0.660. The molecular formula is C14H20IN2O2+. The average Bonchev–Trinajstić information content (AvgIpc) is 2.47. The van der Waals surface area contributed by atoms with Crippen LogP contribution in [0.3, 0.4) is 0 Å². The molecule has 0 bridgehead atoms. The minimum atomic E-state index is -0.0872. The second-order valence-electron chi connectivity index (χ2n) is 4.86. The molecule has 0 atom stereocenters. The standard InChI is InChI=1S/C14H20IN2O2/c1-2-17(10-8-16(15)9-11-17)14(18)19-12-13-6-4-3-5-7-13/h3-7H,2,8-12H2,1H3/q+1. The summed E-state index contributed by atoms with van der Waals surface area (Å²) in [6, 6.07) is 9.84. The van der Waals surface area contributed by atoms with E-state index in [4.69, 9.17) is 4.74 Å². The summed E-state index contributed by atoms with van der Waals surface area (Å²) in [6.45, 7) is 6.79. The third-order valence-corrected chi connectivity index (χ3v) is 4.70. The van der Waals surface area contributed by atoms with Crippen LogP contribution in [0.25, 0.3) is 0 Å².